The lowest BCUT2D eigenvalue weighted by Gasteiger charge is -2.44. The maximum Gasteiger partial charge on any atom is 0.312 e. The van der Waals surface area contributed by atoms with Crippen molar-refractivity contribution in [2.24, 2.45) is 22.2 Å². The van der Waals surface area contributed by atoms with Crippen molar-refractivity contribution >= 4 is 27.6 Å². The van der Waals surface area contributed by atoms with Crippen LogP contribution in [0.1, 0.15) is 38.2 Å². The third-order valence-electron chi connectivity index (χ3n) is 5.16. The first-order valence-electron chi connectivity index (χ1n) is 7.68. The molecule has 0 aromatic carbocycles. The summed E-state index contributed by atoms with van der Waals surface area (Å²) in [6, 6.07) is 5.63. The fourth-order valence-corrected chi connectivity index (χ4v) is 4.17. The molecule has 3 rings (SSSR count). The summed E-state index contributed by atoms with van der Waals surface area (Å²) in [6.45, 7) is 3.59. The van der Waals surface area contributed by atoms with Crippen molar-refractivity contribution in [3.05, 3.63) is 28.5 Å². The number of hydrogen-bond acceptors (Lipinski definition) is 4. The number of aliphatic carboxylic acids is 1. The van der Waals surface area contributed by atoms with E-state index in [1.807, 2.05) is 19.1 Å². The minimum absolute atomic E-state index is 0.276. The average Bonchev–Trinajstić information content (AvgIpc) is 3.33. The van der Waals surface area contributed by atoms with Crippen LogP contribution in [0.15, 0.2) is 27.9 Å². The third-order valence-corrected chi connectivity index (χ3v) is 5.60. The number of hydrogen-bond donors (Lipinski definition) is 1. The predicted molar refractivity (Wildman–Crippen MR) is 89.1 cm³/mol. The number of pyridine rings is 1. The van der Waals surface area contributed by atoms with Gasteiger partial charge in [-0.15, -0.1) is 0 Å². The second kappa shape index (κ2) is 5.72. The summed E-state index contributed by atoms with van der Waals surface area (Å²) >= 11 is 3.35. The van der Waals surface area contributed by atoms with Gasteiger partial charge in [0.05, 0.1) is 23.4 Å². The fraction of sp³-hybridized carbons (Fsp3) is 0.529. The lowest BCUT2D eigenvalue weighted by molar-refractivity contribution is -0.152. The van der Waals surface area contributed by atoms with Crippen LogP contribution in [0, 0.1) is 28.6 Å². The largest absolute Gasteiger partial charge is 0.481 e. The van der Waals surface area contributed by atoms with Crippen LogP contribution in [0.2, 0.25) is 0 Å². The van der Waals surface area contributed by atoms with E-state index >= 15 is 0 Å². The topological polar surface area (TPSA) is 86.3 Å². The molecule has 5 nitrogen and oxygen atoms in total. The molecule has 0 spiro atoms. The van der Waals surface area contributed by atoms with E-state index < -0.39 is 23.2 Å². The standard InChI is InChI=1S/C17H18BrN3O2/c1-9-12(8-19)14(11-5-6-20-13(18)7-11)17(2,16(22)23)15(21-9)10-3-4-10/h5-7,10,12,14-15H,3-4H2,1-2H3,(H,22,23). The Kier molecular flexibility index (Phi) is 4.01. The number of carboxylic acid groups (broad SMARTS) is 1. The fourth-order valence-electron chi connectivity index (χ4n) is 3.79. The highest BCUT2D eigenvalue weighted by Gasteiger charge is 2.58. The molecule has 0 amide bonds. The van der Waals surface area contributed by atoms with Crippen LogP contribution in [0.4, 0.5) is 0 Å². The zero-order chi connectivity index (χ0) is 16.8. The maximum absolute atomic E-state index is 12.2. The Morgan fingerprint density at radius 1 is 1.52 bits per heavy atom. The van der Waals surface area contributed by atoms with Gasteiger partial charge in [0.15, 0.2) is 0 Å². The molecule has 6 heteroatoms. The Morgan fingerprint density at radius 3 is 2.74 bits per heavy atom. The molecule has 0 saturated heterocycles. The molecule has 0 bridgehead atoms. The van der Waals surface area contributed by atoms with Gasteiger partial charge in [0.1, 0.15) is 4.60 Å². The molecule has 0 radical (unpaired) electrons. The lowest BCUT2D eigenvalue weighted by atomic mass is 9.60. The van der Waals surface area contributed by atoms with Gasteiger partial charge in [0.25, 0.3) is 0 Å². The van der Waals surface area contributed by atoms with Crippen LogP contribution in [-0.2, 0) is 4.79 Å². The van der Waals surface area contributed by atoms with Gasteiger partial charge in [-0.3, -0.25) is 9.79 Å². The van der Waals surface area contributed by atoms with Gasteiger partial charge in [-0.2, -0.15) is 5.26 Å². The Bertz CT molecular complexity index is 723. The molecule has 1 aliphatic carbocycles. The summed E-state index contributed by atoms with van der Waals surface area (Å²) in [7, 11) is 0. The van der Waals surface area contributed by atoms with E-state index in [2.05, 4.69) is 32.0 Å². The van der Waals surface area contributed by atoms with Crippen LogP contribution >= 0.6 is 15.9 Å². The molecule has 1 N–H and O–H groups in total. The summed E-state index contributed by atoms with van der Waals surface area (Å²) in [4.78, 5) is 21.0. The Balaban J connectivity index is 2.20. The predicted octanol–water partition coefficient (Wildman–Crippen LogP) is 3.41. The van der Waals surface area contributed by atoms with E-state index in [0.29, 0.717) is 10.5 Å². The van der Waals surface area contributed by atoms with E-state index in [1.54, 1.807) is 13.1 Å². The molecule has 1 fully saturated rings. The van der Waals surface area contributed by atoms with E-state index in [0.717, 1.165) is 24.1 Å². The quantitative estimate of drug-likeness (QED) is 0.819. The monoisotopic (exact) mass is 375 g/mol. The van der Waals surface area contributed by atoms with Gasteiger partial charge in [-0.1, -0.05) is 0 Å². The van der Waals surface area contributed by atoms with Gasteiger partial charge < -0.3 is 5.11 Å². The summed E-state index contributed by atoms with van der Waals surface area (Å²) < 4.78 is 0.641. The van der Waals surface area contributed by atoms with Crippen molar-refractivity contribution in [3.8, 4) is 6.07 Å². The van der Waals surface area contributed by atoms with Gasteiger partial charge in [-0.25, -0.2) is 4.98 Å². The van der Waals surface area contributed by atoms with Crippen molar-refractivity contribution in [1.29, 1.82) is 5.26 Å². The van der Waals surface area contributed by atoms with Gasteiger partial charge in [0.2, 0.25) is 0 Å². The van der Waals surface area contributed by atoms with Crippen molar-refractivity contribution < 1.29 is 9.90 Å². The zero-order valence-corrected chi connectivity index (χ0v) is 14.6. The van der Waals surface area contributed by atoms with Crippen molar-refractivity contribution in [1.82, 2.24) is 4.98 Å². The van der Waals surface area contributed by atoms with E-state index in [1.165, 1.54) is 0 Å². The average molecular weight is 376 g/mol. The number of rotatable bonds is 3. The zero-order valence-electron chi connectivity index (χ0n) is 13.0. The highest BCUT2D eigenvalue weighted by Crippen LogP contribution is 2.54. The molecule has 2 aliphatic rings. The number of halogens is 1. The SMILES string of the molecule is CC1=NC(C2CC2)C(C)(C(=O)O)C(c2ccnc(Br)c2)C1C#N. The molecular formula is C17H18BrN3O2. The van der Waals surface area contributed by atoms with Crippen LogP contribution in [0.5, 0.6) is 0 Å². The smallest absolute Gasteiger partial charge is 0.312 e. The summed E-state index contributed by atoms with van der Waals surface area (Å²) in [5, 5.41) is 19.7. The van der Waals surface area contributed by atoms with Crippen molar-refractivity contribution in [2.75, 3.05) is 0 Å². The molecule has 4 unspecified atom stereocenters. The molecule has 120 valence electrons. The summed E-state index contributed by atoms with van der Waals surface area (Å²) in [6.07, 6.45) is 3.66. The normalized spacial score (nSPS) is 33.7. The van der Waals surface area contributed by atoms with Crippen molar-refractivity contribution in [2.45, 2.75) is 38.6 Å². The molecule has 1 aromatic rings. The van der Waals surface area contributed by atoms with Crippen LogP contribution in [0.3, 0.4) is 0 Å². The number of aromatic nitrogens is 1. The summed E-state index contributed by atoms with van der Waals surface area (Å²) in [5.41, 5.74) is 0.464. The minimum Gasteiger partial charge on any atom is -0.481 e. The molecule has 2 heterocycles. The molecular weight excluding hydrogens is 358 g/mol. The molecule has 1 aromatic heterocycles. The Hall–Kier alpha value is -1.74. The lowest BCUT2D eigenvalue weighted by Crippen LogP contribution is -2.52. The van der Waals surface area contributed by atoms with E-state index in [-0.39, 0.29) is 6.04 Å². The van der Waals surface area contributed by atoms with Crippen LogP contribution < -0.4 is 0 Å². The number of nitrogens with zero attached hydrogens (tertiary/aromatic N) is 3. The van der Waals surface area contributed by atoms with Gasteiger partial charge >= 0.3 is 5.97 Å². The van der Waals surface area contributed by atoms with Crippen molar-refractivity contribution in [3.63, 3.8) is 0 Å². The first kappa shape index (κ1) is 16.1. The number of aliphatic imine (C=N–C) groups is 1. The maximum atomic E-state index is 12.2. The van der Waals surface area contributed by atoms with Gasteiger partial charge in [-0.05, 0) is 66.2 Å². The van der Waals surface area contributed by atoms with Crippen LogP contribution in [-0.4, -0.2) is 27.8 Å². The second-order valence-electron chi connectivity index (χ2n) is 6.64. The Labute approximate surface area is 143 Å². The van der Waals surface area contributed by atoms with Gasteiger partial charge in [0, 0.05) is 17.8 Å². The van der Waals surface area contributed by atoms with E-state index in [4.69, 9.17) is 0 Å². The van der Waals surface area contributed by atoms with Crippen LogP contribution in [0.25, 0.3) is 0 Å². The number of nitriles is 1. The van der Waals surface area contributed by atoms with E-state index in [9.17, 15) is 15.2 Å². The third kappa shape index (κ3) is 2.57. The highest BCUT2D eigenvalue weighted by molar-refractivity contribution is 9.10. The molecule has 4 atom stereocenters. The molecule has 1 aliphatic heterocycles. The molecule has 23 heavy (non-hydrogen) atoms. The number of carbonyl (C=O) groups is 1. The minimum atomic E-state index is -1.10. The first-order valence-corrected chi connectivity index (χ1v) is 8.47. The first-order chi connectivity index (χ1) is 10.9. The second-order valence-corrected chi connectivity index (χ2v) is 7.45. The molecule has 1 saturated carbocycles. The number of carboxylic acids is 1. The summed E-state index contributed by atoms with van der Waals surface area (Å²) in [5.74, 6) is -1.56. The Morgan fingerprint density at radius 2 is 2.22 bits per heavy atom. The highest BCUT2D eigenvalue weighted by atomic mass is 79.9.